The van der Waals surface area contributed by atoms with Gasteiger partial charge in [-0.1, -0.05) is 24.6 Å². The number of aryl methyl sites for hydroxylation is 1. The highest BCUT2D eigenvalue weighted by Gasteiger charge is 2.36. The van der Waals surface area contributed by atoms with E-state index < -0.39 is 0 Å². The lowest BCUT2D eigenvalue weighted by atomic mass is 9.67. The number of rotatable bonds is 10. The minimum Gasteiger partial charge on any atom is -0.493 e. The summed E-state index contributed by atoms with van der Waals surface area (Å²) in [6.45, 7) is 5.42. The van der Waals surface area contributed by atoms with Crippen molar-refractivity contribution in [2.45, 2.75) is 39.0 Å². The standard InChI is InChI=1S/C20H33N3O2.HI/c1-17-8-4-5-9-18(17)25-14-7-13-22-19(21-2)23-16-20(10-6-11-20)12-15-24-3;/h4-5,8-9H,6-7,10-16H2,1-3H3,(H2,21,22,23);1H. The smallest absolute Gasteiger partial charge is 0.190 e. The van der Waals surface area contributed by atoms with E-state index in [2.05, 4.69) is 28.6 Å². The third kappa shape index (κ3) is 7.31. The molecule has 0 aromatic heterocycles. The summed E-state index contributed by atoms with van der Waals surface area (Å²) in [6.07, 6.45) is 5.95. The van der Waals surface area contributed by atoms with Gasteiger partial charge in [-0.15, -0.1) is 24.0 Å². The highest BCUT2D eigenvalue weighted by Crippen LogP contribution is 2.43. The van der Waals surface area contributed by atoms with Crippen LogP contribution in [0.4, 0.5) is 0 Å². The van der Waals surface area contributed by atoms with Crippen LogP contribution in [0.2, 0.25) is 0 Å². The van der Waals surface area contributed by atoms with Gasteiger partial charge >= 0.3 is 0 Å². The lowest BCUT2D eigenvalue weighted by Gasteiger charge is -2.42. The summed E-state index contributed by atoms with van der Waals surface area (Å²) in [5.74, 6) is 1.84. The summed E-state index contributed by atoms with van der Waals surface area (Å²) in [5.41, 5.74) is 1.57. The topological polar surface area (TPSA) is 54.9 Å². The molecule has 2 N–H and O–H groups in total. The van der Waals surface area contributed by atoms with Crippen molar-refractivity contribution in [3.8, 4) is 5.75 Å². The molecule has 1 aliphatic carbocycles. The van der Waals surface area contributed by atoms with Gasteiger partial charge in [-0.25, -0.2) is 0 Å². The van der Waals surface area contributed by atoms with Crippen LogP contribution in [0.15, 0.2) is 29.3 Å². The first-order valence-corrected chi connectivity index (χ1v) is 9.31. The van der Waals surface area contributed by atoms with Gasteiger partial charge in [-0.05, 0) is 49.7 Å². The van der Waals surface area contributed by atoms with Crippen LogP contribution in [0.1, 0.15) is 37.7 Å². The van der Waals surface area contributed by atoms with E-state index in [9.17, 15) is 0 Å². The number of benzene rings is 1. The van der Waals surface area contributed by atoms with Crippen LogP contribution in [-0.4, -0.2) is 46.4 Å². The van der Waals surface area contributed by atoms with Gasteiger partial charge in [-0.3, -0.25) is 4.99 Å². The zero-order valence-electron chi connectivity index (χ0n) is 16.3. The molecule has 1 aliphatic rings. The molecule has 0 heterocycles. The van der Waals surface area contributed by atoms with Gasteiger partial charge in [0.05, 0.1) is 6.61 Å². The first-order chi connectivity index (χ1) is 12.2. The molecule has 2 rings (SSSR count). The molecule has 148 valence electrons. The number of ether oxygens (including phenoxy) is 2. The second-order valence-corrected chi connectivity index (χ2v) is 6.92. The van der Waals surface area contributed by atoms with E-state index in [0.717, 1.165) is 44.2 Å². The Labute approximate surface area is 175 Å². The van der Waals surface area contributed by atoms with Gasteiger partial charge < -0.3 is 20.1 Å². The van der Waals surface area contributed by atoms with Crippen LogP contribution in [0.5, 0.6) is 5.75 Å². The maximum absolute atomic E-state index is 5.82. The van der Waals surface area contributed by atoms with E-state index in [1.165, 1.54) is 24.8 Å². The number of guanidine groups is 1. The van der Waals surface area contributed by atoms with Crippen molar-refractivity contribution in [1.29, 1.82) is 0 Å². The molecule has 1 aromatic carbocycles. The Morgan fingerprint density at radius 2 is 1.96 bits per heavy atom. The average molecular weight is 475 g/mol. The molecule has 0 radical (unpaired) electrons. The Bertz CT molecular complexity index is 548. The molecule has 1 aromatic rings. The third-order valence-corrected chi connectivity index (χ3v) is 5.07. The van der Waals surface area contributed by atoms with Crippen molar-refractivity contribution in [2.24, 2.45) is 10.4 Å². The van der Waals surface area contributed by atoms with Crippen LogP contribution >= 0.6 is 24.0 Å². The second-order valence-electron chi connectivity index (χ2n) is 6.92. The van der Waals surface area contributed by atoms with Crippen molar-refractivity contribution in [2.75, 3.05) is 40.5 Å². The van der Waals surface area contributed by atoms with E-state index in [4.69, 9.17) is 9.47 Å². The molecule has 6 heteroatoms. The number of aliphatic imine (C=N–C) groups is 1. The van der Waals surface area contributed by atoms with E-state index >= 15 is 0 Å². The zero-order valence-corrected chi connectivity index (χ0v) is 18.7. The number of halogens is 1. The van der Waals surface area contributed by atoms with Gasteiger partial charge in [0.1, 0.15) is 5.75 Å². The molecule has 0 atom stereocenters. The van der Waals surface area contributed by atoms with Gasteiger partial charge in [0.2, 0.25) is 0 Å². The van der Waals surface area contributed by atoms with Crippen LogP contribution in [0.25, 0.3) is 0 Å². The average Bonchev–Trinajstić information content (AvgIpc) is 2.59. The van der Waals surface area contributed by atoms with Crippen molar-refractivity contribution >= 4 is 29.9 Å². The van der Waals surface area contributed by atoms with Gasteiger partial charge in [0.25, 0.3) is 0 Å². The summed E-state index contributed by atoms with van der Waals surface area (Å²) in [4.78, 5) is 4.32. The Morgan fingerprint density at radius 3 is 2.58 bits per heavy atom. The molecular weight excluding hydrogens is 441 g/mol. The summed E-state index contributed by atoms with van der Waals surface area (Å²) in [7, 11) is 3.60. The minimum atomic E-state index is 0. The van der Waals surface area contributed by atoms with Crippen LogP contribution in [0, 0.1) is 12.3 Å². The predicted octanol–water partition coefficient (Wildman–Crippen LogP) is 3.75. The first kappa shape index (κ1) is 23.0. The SMILES string of the molecule is CN=C(NCCCOc1ccccc1C)NCC1(CCOC)CCC1.I. The van der Waals surface area contributed by atoms with Crippen LogP contribution < -0.4 is 15.4 Å². The fourth-order valence-electron chi connectivity index (χ4n) is 3.18. The Morgan fingerprint density at radius 1 is 1.19 bits per heavy atom. The fourth-order valence-corrected chi connectivity index (χ4v) is 3.18. The lowest BCUT2D eigenvalue weighted by Crippen LogP contribution is -2.47. The number of methoxy groups -OCH3 is 1. The number of nitrogens with zero attached hydrogens (tertiary/aromatic N) is 1. The minimum absolute atomic E-state index is 0. The summed E-state index contributed by atoms with van der Waals surface area (Å²) < 4.78 is 11.1. The van der Waals surface area contributed by atoms with Gasteiger partial charge in [0.15, 0.2) is 5.96 Å². The molecule has 0 aliphatic heterocycles. The third-order valence-electron chi connectivity index (χ3n) is 5.07. The number of hydrogen-bond donors (Lipinski definition) is 2. The summed E-state index contributed by atoms with van der Waals surface area (Å²) >= 11 is 0. The molecule has 0 spiro atoms. The van der Waals surface area contributed by atoms with E-state index in [-0.39, 0.29) is 24.0 Å². The first-order valence-electron chi connectivity index (χ1n) is 9.31. The Balaban J connectivity index is 0.00000338. The molecule has 0 unspecified atom stereocenters. The molecule has 1 fully saturated rings. The van der Waals surface area contributed by atoms with Crippen molar-refractivity contribution < 1.29 is 9.47 Å². The van der Waals surface area contributed by atoms with Crippen molar-refractivity contribution in [3.63, 3.8) is 0 Å². The number of para-hydroxylation sites is 1. The molecule has 5 nitrogen and oxygen atoms in total. The largest absolute Gasteiger partial charge is 0.493 e. The van der Waals surface area contributed by atoms with Gasteiger partial charge in [0, 0.05) is 33.9 Å². The van der Waals surface area contributed by atoms with Crippen molar-refractivity contribution in [1.82, 2.24) is 10.6 Å². The van der Waals surface area contributed by atoms with Crippen LogP contribution in [0.3, 0.4) is 0 Å². The number of nitrogens with one attached hydrogen (secondary N) is 2. The van der Waals surface area contributed by atoms with Crippen LogP contribution in [-0.2, 0) is 4.74 Å². The normalized spacial score (nSPS) is 15.6. The Kier molecular flexibility index (Phi) is 11.0. The molecule has 26 heavy (non-hydrogen) atoms. The van der Waals surface area contributed by atoms with Gasteiger partial charge in [-0.2, -0.15) is 0 Å². The maximum Gasteiger partial charge on any atom is 0.190 e. The quantitative estimate of drug-likeness (QED) is 0.234. The molecule has 0 bridgehead atoms. The highest BCUT2D eigenvalue weighted by molar-refractivity contribution is 14.0. The van der Waals surface area contributed by atoms with Crippen molar-refractivity contribution in [3.05, 3.63) is 29.8 Å². The fraction of sp³-hybridized carbons (Fsp3) is 0.650. The molecule has 0 saturated heterocycles. The predicted molar refractivity (Wildman–Crippen MR) is 119 cm³/mol. The highest BCUT2D eigenvalue weighted by atomic mass is 127. The molecular formula is C20H34IN3O2. The molecule has 0 amide bonds. The van der Waals surface area contributed by atoms with E-state index in [1.807, 2.05) is 25.2 Å². The zero-order chi connectivity index (χ0) is 18.0. The Hall–Kier alpha value is -1.02. The number of hydrogen-bond acceptors (Lipinski definition) is 3. The molecule has 1 saturated carbocycles. The second kappa shape index (κ2) is 12.4. The summed E-state index contributed by atoms with van der Waals surface area (Å²) in [6, 6.07) is 8.12. The van der Waals surface area contributed by atoms with E-state index in [1.54, 1.807) is 7.11 Å². The maximum atomic E-state index is 5.82. The van der Waals surface area contributed by atoms with E-state index in [0.29, 0.717) is 12.0 Å². The monoisotopic (exact) mass is 475 g/mol. The summed E-state index contributed by atoms with van der Waals surface area (Å²) in [5, 5.41) is 6.86. The lowest BCUT2D eigenvalue weighted by molar-refractivity contribution is 0.0732.